The van der Waals surface area contributed by atoms with Crippen molar-refractivity contribution in [1.82, 2.24) is 4.57 Å². The van der Waals surface area contributed by atoms with E-state index in [1.165, 1.54) is 11.3 Å². The van der Waals surface area contributed by atoms with E-state index in [1.54, 1.807) is 0 Å². The molecule has 0 radical (unpaired) electrons. The molecule has 0 N–H and O–H groups in total. The highest BCUT2D eigenvalue weighted by Gasteiger charge is 2.13. The van der Waals surface area contributed by atoms with E-state index in [1.807, 2.05) is 6.07 Å². The second kappa shape index (κ2) is 4.62. The van der Waals surface area contributed by atoms with E-state index in [2.05, 4.69) is 80.1 Å². The maximum atomic E-state index is 2.28. The molecule has 1 aromatic carbocycles. The molecular formula is C16H19N. The standard InChI is InChI=1S/C16H19N/c1-16(2,3)17-13-7-10-15(17)12-11-14-8-5-4-6-9-14/h4-13H,1-3H3. The smallest absolute Gasteiger partial charge is 0.0411 e. The van der Waals surface area contributed by atoms with E-state index < -0.39 is 0 Å². The Morgan fingerprint density at radius 2 is 1.59 bits per heavy atom. The molecule has 2 aromatic rings. The first-order valence-corrected chi connectivity index (χ1v) is 5.98. The Hall–Kier alpha value is -1.76. The first-order chi connectivity index (χ1) is 8.07. The highest BCUT2D eigenvalue weighted by atomic mass is 15.0. The monoisotopic (exact) mass is 225 g/mol. The van der Waals surface area contributed by atoms with Crippen molar-refractivity contribution < 1.29 is 0 Å². The summed E-state index contributed by atoms with van der Waals surface area (Å²) < 4.78 is 2.28. The van der Waals surface area contributed by atoms with Crippen LogP contribution >= 0.6 is 0 Å². The van der Waals surface area contributed by atoms with E-state index in [9.17, 15) is 0 Å². The summed E-state index contributed by atoms with van der Waals surface area (Å²) in [5, 5.41) is 0. The summed E-state index contributed by atoms with van der Waals surface area (Å²) in [5.74, 6) is 0. The Balaban J connectivity index is 2.26. The molecule has 1 nitrogen and oxygen atoms in total. The zero-order valence-corrected chi connectivity index (χ0v) is 10.7. The zero-order valence-electron chi connectivity index (χ0n) is 10.7. The third-order valence-electron chi connectivity index (χ3n) is 2.75. The van der Waals surface area contributed by atoms with Crippen molar-refractivity contribution in [3.8, 4) is 0 Å². The van der Waals surface area contributed by atoms with Gasteiger partial charge in [0.05, 0.1) is 0 Å². The molecular weight excluding hydrogens is 206 g/mol. The molecule has 1 heteroatoms. The zero-order chi connectivity index (χ0) is 12.3. The first-order valence-electron chi connectivity index (χ1n) is 5.98. The Bertz CT molecular complexity index is 498. The third kappa shape index (κ3) is 2.88. The van der Waals surface area contributed by atoms with Gasteiger partial charge >= 0.3 is 0 Å². The quantitative estimate of drug-likeness (QED) is 0.713. The van der Waals surface area contributed by atoms with Gasteiger partial charge in [0.15, 0.2) is 0 Å². The van der Waals surface area contributed by atoms with E-state index in [-0.39, 0.29) is 5.54 Å². The number of benzene rings is 1. The van der Waals surface area contributed by atoms with Gasteiger partial charge in [-0.1, -0.05) is 36.4 Å². The average molecular weight is 225 g/mol. The minimum atomic E-state index is 0.125. The number of hydrogen-bond acceptors (Lipinski definition) is 0. The van der Waals surface area contributed by atoms with Gasteiger partial charge in [-0.15, -0.1) is 0 Å². The maximum absolute atomic E-state index is 2.28. The molecule has 0 aliphatic carbocycles. The minimum Gasteiger partial charge on any atom is -0.343 e. The molecule has 17 heavy (non-hydrogen) atoms. The second-order valence-electron chi connectivity index (χ2n) is 5.22. The van der Waals surface area contributed by atoms with Crippen LogP contribution in [0.15, 0.2) is 48.7 Å². The predicted molar refractivity (Wildman–Crippen MR) is 74.8 cm³/mol. The molecule has 0 aliphatic heterocycles. The summed E-state index contributed by atoms with van der Waals surface area (Å²) in [6.07, 6.45) is 6.45. The van der Waals surface area contributed by atoms with Crippen molar-refractivity contribution in [3.63, 3.8) is 0 Å². The molecule has 0 unspecified atom stereocenters. The van der Waals surface area contributed by atoms with Gasteiger partial charge in [0.2, 0.25) is 0 Å². The fourth-order valence-electron chi connectivity index (χ4n) is 1.89. The van der Waals surface area contributed by atoms with Crippen LogP contribution < -0.4 is 0 Å². The van der Waals surface area contributed by atoms with E-state index in [0.29, 0.717) is 0 Å². The SMILES string of the molecule is CC(C)(C)n1cccc1C=Cc1ccccc1. The number of nitrogens with zero attached hydrogens (tertiary/aromatic N) is 1. The Morgan fingerprint density at radius 1 is 0.882 bits per heavy atom. The molecule has 0 aliphatic rings. The van der Waals surface area contributed by atoms with Crippen LogP contribution in [0.5, 0.6) is 0 Å². The molecule has 0 spiro atoms. The number of rotatable bonds is 2. The van der Waals surface area contributed by atoms with Crippen molar-refractivity contribution in [3.05, 3.63) is 59.9 Å². The Labute approximate surface area is 103 Å². The van der Waals surface area contributed by atoms with Gasteiger partial charge in [0, 0.05) is 17.4 Å². The van der Waals surface area contributed by atoms with Gasteiger partial charge in [-0.05, 0) is 44.5 Å². The van der Waals surface area contributed by atoms with Gasteiger partial charge in [0.1, 0.15) is 0 Å². The van der Waals surface area contributed by atoms with Crippen LogP contribution in [0.4, 0.5) is 0 Å². The van der Waals surface area contributed by atoms with Crippen LogP contribution in [-0.2, 0) is 5.54 Å². The molecule has 0 bridgehead atoms. The first kappa shape index (κ1) is 11.7. The van der Waals surface area contributed by atoms with E-state index >= 15 is 0 Å². The Kier molecular flexibility index (Phi) is 3.19. The van der Waals surface area contributed by atoms with Crippen LogP contribution in [0.2, 0.25) is 0 Å². The van der Waals surface area contributed by atoms with Gasteiger partial charge in [-0.2, -0.15) is 0 Å². The maximum Gasteiger partial charge on any atom is 0.0411 e. The second-order valence-corrected chi connectivity index (χ2v) is 5.22. The topological polar surface area (TPSA) is 4.93 Å². The van der Waals surface area contributed by atoms with Crippen LogP contribution in [0.1, 0.15) is 32.0 Å². The number of aromatic nitrogens is 1. The molecule has 2 rings (SSSR count). The van der Waals surface area contributed by atoms with Crippen molar-refractivity contribution in [2.75, 3.05) is 0 Å². The van der Waals surface area contributed by atoms with Crippen molar-refractivity contribution in [1.29, 1.82) is 0 Å². The molecule has 88 valence electrons. The average Bonchev–Trinajstić information content (AvgIpc) is 2.75. The van der Waals surface area contributed by atoms with E-state index in [4.69, 9.17) is 0 Å². The van der Waals surface area contributed by atoms with E-state index in [0.717, 1.165) is 0 Å². The lowest BCUT2D eigenvalue weighted by molar-refractivity contribution is 0.396. The highest BCUT2D eigenvalue weighted by Crippen LogP contribution is 2.19. The molecule has 0 saturated heterocycles. The fraction of sp³-hybridized carbons (Fsp3) is 0.250. The molecule has 0 saturated carbocycles. The lowest BCUT2D eigenvalue weighted by atomic mass is 10.1. The Morgan fingerprint density at radius 3 is 2.24 bits per heavy atom. The van der Waals surface area contributed by atoms with Crippen LogP contribution in [0.3, 0.4) is 0 Å². The van der Waals surface area contributed by atoms with Gasteiger partial charge in [-0.3, -0.25) is 0 Å². The fourth-order valence-corrected chi connectivity index (χ4v) is 1.89. The summed E-state index contributed by atoms with van der Waals surface area (Å²) in [5.41, 5.74) is 2.59. The summed E-state index contributed by atoms with van der Waals surface area (Å²) in [7, 11) is 0. The van der Waals surface area contributed by atoms with Crippen molar-refractivity contribution in [2.45, 2.75) is 26.3 Å². The number of hydrogen-bond donors (Lipinski definition) is 0. The lowest BCUT2D eigenvalue weighted by Gasteiger charge is -2.23. The predicted octanol–water partition coefficient (Wildman–Crippen LogP) is 4.41. The summed E-state index contributed by atoms with van der Waals surface area (Å²) in [6.45, 7) is 6.65. The van der Waals surface area contributed by atoms with Crippen molar-refractivity contribution in [2.24, 2.45) is 0 Å². The molecule has 1 heterocycles. The largest absolute Gasteiger partial charge is 0.343 e. The summed E-state index contributed by atoms with van der Waals surface area (Å²) in [4.78, 5) is 0. The van der Waals surface area contributed by atoms with Crippen LogP contribution in [-0.4, -0.2) is 4.57 Å². The molecule has 0 fully saturated rings. The summed E-state index contributed by atoms with van der Waals surface area (Å²) >= 11 is 0. The normalized spacial score (nSPS) is 12.2. The van der Waals surface area contributed by atoms with Crippen molar-refractivity contribution >= 4 is 12.2 Å². The van der Waals surface area contributed by atoms with Gasteiger partial charge in [-0.25, -0.2) is 0 Å². The van der Waals surface area contributed by atoms with Crippen LogP contribution in [0.25, 0.3) is 12.2 Å². The van der Waals surface area contributed by atoms with Gasteiger partial charge in [0.25, 0.3) is 0 Å². The lowest BCUT2D eigenvalue weighted by Crippen LogP contribution is -2.21. The minimum absolute atomic E-state index is 0.125. The molecule has 0 amide bonds. The highest BCUT2D eigenvalue weighted by molar-refractivity contribution is 5.68. The van der Waals surface area contributed by atoms with Gasteiger partial charge < -0.3 is 4.57 Å². The van der Waals surface area contributed by atoms with Crippen LogP contribution in [0, 0.1) is 0 Å². The third-order valence-corrected chi connectivity index (χ3v) is 2.75. The molecule has 1 aromatic heterocycles. The molecule has 0 atom stereocenters. The summed E-state index contributed by atoms with van der Waals surface area (Å²) in [6, 6.07) is 14.6.